The van der Waals surface area contributed by atoms with Gasteiger partial charge in [-0.25, -0.2) is 0 Å². The molecule has 0 atom stereocenters. The number of thiocarbonyl (C=S) groups is 1. The molecule has 0 aliphatic heterocycles. The van der Waals surface area contributed by atoms with Gasteiger partial charge in [0.2, 0.25) is 0 Å². The van der Waals surface area contributed by atoms with Crippen LogP contribution in [0.5, 0.6) is 0 Å². The molecule has 3 N–H and O–H groups in total. The molecule has 1 aromatic heterocycles. The van der Waals surface area contributed by atoms with E-state index in [0.29, 0.717) is 10.1 Å². The lowest BCUT2D eigenvalue weighted by Gasteiger charge is -2.10. The van der Waals surface area contributed by atoms with Gasteiger partial charge in [0, 0.05) is 38.9 Å². The summed E-state index contributed by atoms with van der Waals surface area (Å²) in [6.45, 7) is 2.81. The molecule has 0 saturated carbocycles. The highest BCUT2D eigenvalue weighted by Gasteiger charge is 2.09. The number of aryl methyl sites for hydroxylation is 1. The van der Waals surface area contributed by atoms with Crippen LogP contribution in [0.1, 0.15) is 11.3 Å². The zero-order valence-corrected chi connectivity index (χ0v) is 15.4. The molecule has 0 aliphatic rings. The molecule has 2 aromatic carbocycles. The summed E-state index contributed by atoms with van der Waals surface area (Å²) in [5.74, 6) is 0. The van der Waals surface area contributed by atoms with E-state index in [1.807, 2.05) is 42.5 Å². The van der Waals surface area contributed by atoms with Crippen molar-refractivity contribution in [3.63, 3.8) is 0 Å². The highest BCUT2D eigenvalue weighted by atomic mass is 35.5. The molecule has 0 saturated heterocycles. The van der Waals surface area contributed by atoms with Gasteiger partial charge in [0.05, 0.1) is 0 Å². The normalized spacial score (nSPS) is 10.8. The van der Waals surface area contributed by atoms with E-state index in [1.54, 1.807) is 0 Å². The van der Waals surface area contributed by atoms with E-state index in [2.05, 4.69) is 22.5 Å². The lowest BCUT2D eigenvalue weighted by molar-refractivity contribution is 0.871. The predicted octanol–water partition coefficient (Wildman–Crippen LogP) is 5.31. The van der Waals surface area contributed by atoms with Crippen molar-refractivity contribution in [1.29, 1.82) is 0 Å². The number of fused-ring (bicyclic) bond motifs is 1. The van der Waals surface area contributed by atoms with Gasteiger partial charge < -0.3 is 15.6 Å². The van der Waals surface area contributed by atoms with Crippen LogP contribution in [0.4, 0.5) is 5.69 Å². The number of H-pyrrole nitrogens is 1. The summed E-state index contributed by atoms with van der Waals surface area (Å²) in [5, 5.41) is 9.58. The zero-order valence-electron chi connectivity index (χ0n) is 13.1. The molecule has 3 rings (SSSR count). The molecule has 0 radical (unpaired) electrons. The maximum absolute atomic E-state index is 6.12. The van der Waals surface area contributed by atoms with Gasteiger partial charge in [-0.1, -0.05) is 23.2 Å². The van der Waals surface area contributed by atoms with Crippen molar-refractivity contribution < 1.29 is 0 Å². The van der Waals surface area contributed by atoms with E-state index in [0.717, 1.165) is 34.9 Å². The van der Waals surface area contributed by atoms with Crippen LogP contribution in [-0.2, 0) is 6.42 Å². The van der Waals surface area contributed by atoms with Crippen LogP contribution in [0.25, 0.3) is 10.9 Å². The van der Waals surface area contributed by atoms with Gasteiger partial charge in [0.25, 0.3) is 0 Å². The summed E-state index contributed by atoms with van der Waals surface area (Å²) in [7, 11) is 0. The highest BCUT2D eigenvalue weighted by molar-refractivity contribution is 7.80. The van der Waals surface area contributed by atoms with E-state index in [9.17, 15) is 0 Å². The lowest BCUT2D eigenvalue weighted by atomic mass is 10.1. The minimum atomic E-state index is 0.591. The number of aromatic amines is 1. The molecule has 0 spiro atoms. The topological polar surface area (TPSA) is 39.9 Å². The van der Waals surface area contributed by atoms with Crippen molar-refractivity contribution in [2.75, 3.05) is 11.9 Å². The van der Waals surface area contributed by atoms with E-state index in [1.165, 1.54) is 10.9 Å². The van der Waals surface area contributed by atoms with Crippen LogP contribution in [-0.4, -0.2) is 16.6 Å². The Balaban J connectivity index is 1.60. The maximum Gasteiger partial charge on any atom is 0.170 e. The largest absolute Gasteiger partial charge is 0.362 e. The van der Waals surface area contributed by atoms with E-state index >= 15 is 0 Å². The highest BCUT2D eigenvalue weighted by Crippen LogP contribution is 2.25. The Kier molecular flexibility index (Phi) is 5.29. The Hall–Kier alpha value is -1.75. The second-order valence-corrected chi connectivity index (χ2v) is 6.84. The third kappa shape index (κ3) is 4.01. The van der Waals surface area contributed by atoms with E-state index < -0.39 is 0 Å². The zero-order chi connectivity index (χ0) is 17.1. The van der Waals surface area contributed by atoms with E-state index in [-0.39, 0.29) is 0 Å². The first-order chi connectivity index (χ1) is 11.5. The molecular formula is C18H17Cl2N3S. The van der Waals surface area contributed by atoms with Crippen molar-refractivity contribution >= 4 is 57.1 Å². The van der Waals surface area contributed by atoms with Crippen LogP contribution in [0, 0.1) is 6.92 Å². The molecule has 124 valence electrons. The van der Waals surface area contributed by atoms with Crippen molar-refractivity contribution in [3.8, 4) is 0 Å². The molecule has 3 nitrogen and oxygen atoms in total. The quantitative estimate of drug-likeness (QED) is 0.539. The summed E-state index contributed by atoms with van der Waals surface area (Å²) in [6.07, 6.45) is 0.856. The molecule has 0 fully saturated rings. The number of halogens is 2. The molecule has 0 unspecified atom stereocenters. The van der Waals surface area contributed by atoms with Crippen molar-refractivity contribution in [2.24, 2.45) is 0 Å². The van der Waals surface area contributed by atoms with Crippen molar-refractivity contribution in [3.05, 3.63) is 63.8 Å². The molecular weight excluding hydrogens is 361 g/mol. The van der Waals surface area contributed by atoms with Gasteiger partial charge in [-0.2, -0.15) is 0 Å². The fraction of sp³-hybridized carbons (Fsp3) is 0.167. The average Bonchev–Trinajstić information content (AvgIpc) is 2.85. The Morgan fingerprint density at radius 1 is 1.08 bits per heavy atom. The van der Waals surface area contributed by atoms with Gasteiger partial charge in [0.15, 0.2) is 5.11 Å². The summed E-state index contributed by atoms with van der Waals surface area (Å²) in [4.78, 5) is 3.39. The standard InChI is InChI=1S/C18H17Cl2N3S/c1-11-15(16-10-13(20)4-7-17(16)22-11)8-9-21-18(24)23-14-5-2-12(19)3-6-14/h2-7,10,22H,8-9H2,1H3,(H2,21,23,24). The van der Waals surface area contributed by atoms with E-state index in [4.69, 9.17) is 35.4 Å². The van der Waals surface area contributed by atoms with Gasteiger partial charge in [-0.15, -0.1) is 0 Å². The average molecular weight is 378 g/mol. The molecule has 0 amide bonds. The second kappa shape index (κ2) is 7.43. The number of benzene rings is 2. The van der Waals surface area contributed by atoms with Gasteiger partial charge in [-0.3, -0.25) is 0 Å². The first-order valence-electron chi connectivity index (χ1n) is 7.60. The van der Waals surface area contributed by atoms with Crippen LogP contribution in [0.2, 0.25) is 10.0 Å². The third-order valence-corrected chi connectivity index (χ3v) is 4.58. The smallest absolute Gasteiger partial charge is 0.170 e. The van der Waals surface area contributed by atoms with Crippen molar-refractivity contribution in [1.82, 2.24) is 10.3 Å². The third-order valence-electron chi connectivity index (χ3n) is 3.84. The fourth-order valence-corrected chi connectivity index (χ4v) is 3.20. The first-order valence-corrected chi connectivity index (χ1v) is 8.76. The summed E-state index contributed by atoms with van der Waals surface area (Å²) in [6, 6.07) is 13.3. The summed E-state index contributed by atoms with van der Waals surface area (Å²) < 4.78 is 0. The predicted molar refractivity (Wildman–Crippen MR) is 107 cm³/mol. The van der Waals surface area contributed by atoms with Crippen molar-refractivity contribution in [2.45, 2.75) is 13.3 Å². The summed E-state index contributed by atoms with van der Waals surface area (Å²) in [5.41, 5.74) is 4.43. The monoisotopic (exact) mass is 377 g/mol. The van der Waals surface area contributed by atoms with Crippen LogP contribution in [0.3, 0.4) is 0 Å². The molecule has 0 bridgehead atoms. The number of rotatable bonds is 4. The van der Waals surface area contributed by atoms with Gasteiger partial charge in [0.1, 0.15) is 0 Å². The fourth-order valence-electron chi connectivity index (χ4n) is 2.69. The molecule has 24 heavy (non-hydrogen) atoms. The van der Waals surface area contributed by atoms with Crippen LogP contribution < -0.4 is 10.6 Å². The minimum Gasteiger partial charge on any atom is -0.362 e. The molecule has 3 aromatic rings. The number of anilines is 1. The summed E-state index contributed by atoms with van der Waals surface area (Å²) >= 11 is 17.3. The lowest BCUT2D eigenvalue weighted by Crippen LogP contribution is -2.30. The Labute approximate surface area is 156 Å². The molecule has 0 aliphatic carbocycles. The second-order valence-electron chi connectivity index (χ2n) is 5.56. The Bertz CT molecular complexity index is 872. The number of hydrogen-bond donors (Lipinski definition) is 3. The molecule has 1 heterocycles. The maximum atomic E-state index is 6.12. The number of nitrogens with one attached hydrogen (secondary N) is 3. The van der Waals surface area contributed by atoms with Crippen LogP contribution >= 0.6 is 35.4 Å². The van der Waals surface area contributed by atoms with Gasteiger partial charge in [-0.05, 0) is 73.6 Å². The number of aromatic nitrogens is 1. The van der Waals surface area contributed by atoms with Gasteiger partial charge >= 0.3 is 0 Å². The van der Waals surface area contributed by atoms with Crippen LogP contribution in [0.15, 0.2) is 42.5 Å². The molecule has 6 heteroatoms. The Morgan fingerprint density at radius 3 is 2.54 bits per heavy atom. The number of hydrogen-bond acceptors (Lipinski definition) is 1. The minimum absolute atomic E-state index is 0.591. The Morgan fingerprint density at radius 2 is 1.79 bits per heavy atom. The SMILES string of the molecule is Cc1[nH]c2ccc(Cl)cc2c1CCNC(=S)Nc1ccc(Cl)cc1. The first kappa shape index (κ1) is 17.1.